The van der Waals surface area contributed by atoms with Crippen LogP contribution in [0.1, 0.15) is 52.0 Å². The number of aldehydes is 1. The second-order valence-electron chi connectivity index (χ2n) is 0.983. The van der Waals surface area contributed by atoms with Crippen molar-refractivity contribution in [2.45, 2.75) is 58.0 Å². The van der Waals surface area contributed by atoms with Gasteiger partial charge in [0.05, 0.1) is 6.04 Å². The third-order valence-electron chi connectivity index (χ3n) is 0.386. The van der Waals surface area contributed by atoms with Crippen molar-refractivity contribution >= 4 is 18.9 Å². The lowest BCUT2D eigenvalue weighted by Crippen LogP contribution is -2.22. The fourth-order valence-corrected chi connectivity index (χ4v) is 0.129. The first-order chi connectivity index (χ1) is 2.81. The Hall–Kier alpha value is -0.0200. The lowest BCUT2D eigenvalue weighted by atomic mass is 10.4. The van der Waals surface area contributed by atoms with E-state index in [-0.39, 0.29) is 58.0 Å². The van der Waals surface area contributed by atoms with Gasteiger partial charge in [-0.2, -0.15) is 12.6 Å². The van der Waals surface area contributed by atoms with Crippen molar-refractivity contribution in [1.29, 1.82) is 0 Å². The van der Waals surface area contributed by atoms with Gasteiger partial charge in [0, 0.05) is 5.75 Å². The summed E-state index contributed by atoms with van der Waals surface area (Å²) in [5.41, 5.74) is 5.03. The summed E-state index contributed by atoms with van der Waals surface area (Å²) in [6, 6.07) is -0.381. The van der Waals surface area contributed by atoms with Gasteiger partial charge in [-0.05, 0) is 0 Å². The summed E-state index contributed by atoms with van der Waals surface area (Å²) in [5.74, 6) is 0.434. The van der Waals surface area contributed by atoms with Crippen LogP contribution >= 0.6 is 12.6 Å². The Morgan fingerprint density at radius 1 is 1.00 bits per heavy atom. The van der Waals surface area contributed by atoms with E-state index >= 15 is 0 Å². The first-order valence-corrected chi connectivity index (χ1v) is 2.26. The third kappa shape index (κ3) is 75.3. The van der Waals surface area contributed by atoms with Crippen molar-refractivity contribution in [2.24, 2.45) is 5.73 Å². The number of carbonyl (C=O) groups excluding carboxylic acids is 1. The molecule has 0 saturated heterocycles. The summed E-state index contributed by atoms with van der Waals surface area (Å²) in [5, 5.41) is 0. The van der Waals surface area contributed by atoms with Crippen LogP contribution in [-0.2, 0) is 4.79 Å². The highest BCUT2D eigenvalue weighted by Crippen LogP contribution is 1.73. The quantitative estimate of drug-likeness (QED) is 0.544. The Labute approximate surface area is 93.7 Å². The smallest absolute Gasteiger partial charge is 0.137 e. The van der Waals surface area contributed by atoms with Gasteiger partial charge in [-0.15, -0.1) is 0 Å². The minimum Gasteiger partial charge on any atom is -0.321 e. The van der Waals surface area contributed by atoms with Gasteiger partial charge in [-0.1, -0.05) is 52.0 Å². The molecule has 0 fully saturated rings. The summed E-state index contributed by atoms with van der Waals surface area (Å²) in [4.78, 5) is 9.56. The van der Waals surface area contributed by atoms with E-state index in [0.29, 0.717) is 12.0 Å². The van der Waals surface area contributed by atoms with Gasteiger partial charge in [0.1, 0.15) is 6.29 Å². The zero-order valence-electron chi connectivity index (χ0n) is 3.29. The normalized spacial score (nSPS) is 6.31. The molecule has 1 atom stereocenters. The molecule has 0 aromatic heterocycles. The molecule has 0 aliphatic carbocycles. The number of nitrogens with two attached hydrogens (primary N) is 1. The predicted octanol–water partition coefficient (Wildman–Crippen LogP) is 3.90. The Balaban J connectivity index is -0.00000000595. The second kappa shape index (κ2) is 58.2. The predicted molar refractivity (Wildman–Crippen MR) is 75.0 cm³/mol. The standard InChI is InChI=1S/C3H7NOS.7CH4/c4-3(1-5)2-6;;;;;;;/h1,3,6H,2,4H2;7*1H4/t3-;;;;;;;/m1......./s1. The maximum atomic E-state index is 9.56. The maximum Gasteiger partial charge on any atom is 0.137 e. The SMILES string of the molecule is C.C.C.C.C.C.C.N[C@H](C=O)CS. The Morgan fingerprint density at radius 3 is 1.23 bits per heavy atom. The van der Waals surface area contributed by atoms with Gasteiger partial charge in [-0.3, -0.25) is 0 Å². The van der Waals surface area contributed by atoms with Crippen LogP contribution in [0.2, 0.25) is 0 Å². The van der Waals surface area contributed by atoms with E-state index in [1.165, 1.54) is 0 Å². The Morgan fingerprint density at radius 2 is 1.23 bits per heavy atom. The lowest BCUT2D eigenvalue weighted by Gasteiger charge is -1.90. The molecule has 0 radical (unpaired) electrons. The molecule has 2 nitrogen and oxygen atoms in total. The number of hydrogen-bond acceptors (Lipinski definition) is 3. The summed E-state index contributed by atoms with van der Waals surface area (Å²) < 4.78 is 0. The molecule has 0 amide bonds. The van der Waals surface area contributed by atoms with Gasteiger partial charge in [-0.25, -0.2) is 0 Å². The highest BCUT2D eigenvalue weighted by molar-refractivity contribution is 7.80. The van der Waals surface area contributed by atoms with Crippen LogP contribution in [0.15, 0.2) is 0 Å². The molecule has 0 aliphatic rings. The number of carbonyl (C=O) groups is 1. The molecule has 0 heterocycles. The van der Waals surface area contributed by atoms with E-state index in [2.05, 4.69) is 12.6 Å². The fraction of sp³-hybridized carbons (Fsp3) is 0.900. The molecule has 92 valence electrons. The maximum absolute atomic E-state index is 9.56. The minimum atomic E-state index is -0.381. The average Bonchev–Trinajstić information content (AvgIpc) is 1.65. The zero-order valence-corrected chi connectivity index (χ0v) is 4.19. The van der Waals surface area contributed by atoms with Crippen molar-refractivity contribution < 1.29 is 4.79 Å². The van der Waals surface area contributed by atoms with E-state index in [1.807, 2.05) is 0 Å². The molecule has 0 spiro atoms. The minimum absolute atomic E-state index is 0. The highest BCUT2D eigenvalue weighted by atomic mass is 32.1. The molecule has 0 aromatic rings. The fourth-order valence-electron chi connectivity index (χ4n) is 0.0430. The molecule has 13 heavy (non-hydrogen) atoms. The largest absolute Gasteiger partial charge is 0.321 e. The Bertz CT molecular complexity index is 52.2. The first-order valence-electron chi connectivity index (χ1n) is 1.63. The summed E-state index contributed by atoms with van der Waals surface area (Å²) >= 11 is 3.74. The van der Waals surface area contributed by atoms with Crippen LogP contribution in [0.5, 0.6) is 0 Å². The van der Waals surface area contributed by atoms with Crippen LogP contribution < -0.4 is 5.73 Å². The lowest BCUT2D eigenvalue weighted by molar-refractivity contribution is -0.108. The van der Waals surface area contributed by atoms with Crippen molar-refractivity contribution in [2.75, 3.05) is 5.75 Å². The van der Waals surface area contributed by atoms with E-state index < -0.39 is 0 Å². The van der Waals surface area contributed by atoms with E-state index in [1.54, 1.807) is 0 Å². The van der Waals surface area contributed by atoms with Crippen molar-refractivity contribution in [1.82, 2.24) is 0 Å². The average molecular weight is 217 g/mol. The molecule has 0 bridgehead atoms. The molecule has 2 N–H and O–H groups in total. The van der Waals surface area contributed by atoms with Gasteiger partial charge in [0.15, 0.2) is 0 Å². The number of thiol groups is 1. The van der Waals surface area contributed by atoms with Crippen LogP contribution in [-0.4, -0.2) is 18.1 Å². The van der Waals surface area contributed by atoms with Gasteiger partial charge >= 0.3 is 0 Å². The molecule has 0 aliphatic heterocycles. The summed E-state index contributed by atoms with van der Waals surface area (Å²) in [7, 11) is 0. The van der Waals surface area contributed by atoms with E-state index in [0.717, 1.165) is 0 Å². The monoisotopic (exact) mass is 217 g/mol. The van der Waals surface area contributed by atoms with Crippen LogP contribution in [0, 0.1) is 0 Å². The molecule has 0 rings (SSSR count). The first kappa shape index (κ1) is 75.1. The second-order valence-corrected chi connectivity index (χ2v) is 1.35. The molecular formula is C10H35NOS. The zero-order chi connectivity index (χ0) is 4.99. The Kier molecular flexibility index (Phi) is 337. The summed E-state index contributed by atoms with van der Waals surface area (Å²) in [6.07, 6.45) is 0.674. The molecule has 0 unspecified atom stereocenters. The number of hydrogen-bond donors (Lipinski definition) is 2. The molecule has 3 heteroatoms. The van der Waals surface area contributed by atoms with Gasteiger partial charge in [0.25, 0.3) is 0 Å². The van der Waals surface area contributed by atoms with E-state index in [9.17, 15) is 4.79 Å². The van der Waals surface area contributed by atoms with Crippen LogP contribution in [0.25, 0.3) is 0 Å². The third-order valence-corrected chi connectivity index (χ3v) is 0.807. The summed E-state index contributed by atoms with van der Waals surface area (Å²) in [6.45, 7) is 0. The van der Waals surface area contributed by atoms with Crippen molar-refractivity contribution in [3.05, 3.63) is 0 Å². The van der Waals surface area contributed by atoms with Crippen molar-refractivity contribution in [3.63, 3.8) is 0 Å². The van der Waals surface area contributed by atoms with Crippen LogP contribution in [0.3, 0.4) is 0 Å². The highest BCUT2D eigenvalue weighted by Gasteiger charge is 1.89. The van der Waals surface area contributed by atoms with Crippen LogP contribution in [0.4, 0.5) is 0 Å². The van der Waals surface area contributed by atoms with Crippen molar-refractivity contribution in [3.8, 4) is 0 Å². The number of rotatable bonds is 2. The molecule has 0 saturated carbocycles. The van der Waals surface area contributed by atoms with Gasteiger partial charge in [0.2, 0.25) is 0 Å². The van der Waals surface area contributed by atoms with E-state index in [4.69, 9.17) is 5.73 Å². The topological polar surface area (TPSA) is 43.1 Å². The van der Waals surface area contributed by atoms with Gasteiger partial charge < -0.3 is 10.5 Å². The molecular weight excluding hydrogens is 182 g/mol. The molecule has 0 aromatic carbocycles.